The van der Waals surface area contributed by atoms with Crippen molar-refractivity contribution in [2.24, 2.45) is 0 Å². The number of rotatable bonds is 6. The van der Waals surface area contributed by atoms with Crippen molar-refractivity contribution in [1.82, 2.24) is 15.5 Å². The molecule has 6 heteroatoms. The van der Waals surface area contributed by atoms with Crippen LogP contribution in [0.1, 0.15) is 27.5 Å². The molecule has 1 amide bonds. The van der Waals surface area contributed by atoms with Gasteiger partial charge in [0.1, 0.15) is 17.0 Å². The van der Waals surface area contributed by atoms with Crippen molar-refractivity contribution in [1.29, 1.82) is 0 Å². The number of nitrogens with zero attached hydrogens (tertiary/aromatic N) is 2. The highest BCUT2D eigenvalue weighted by molar-refractivity contribution is 7.18. The summed E-state index contributed by atoms with van der Waals surface area (Å²) in [6.07, 6.45) is 1.67. The van der Waals surface area contributed by atoms with Gasteiger partial charge in [0, 0.05) is 18.5 Å². The van der Waals surface area contributed by atoms with Crippen molar-refractivity contribution in [3.8, 4) is 11.3 Å². The summed E-state index contributed by atoms with van der Waals surface area (Å²) in [6.45, 7) is 2.34. The third kappa shape index (κ3) is 3.75. The first-order valence-corrected chi connectivity index (χ1v) is 9.68. The molecule has 2 heterocycles. The molecule has 27 heavy (non-hydrogen) atoms. The summed E-state index contributed by atoms with van der Waals surface area (Å²) in [6, 6.07) is 17.7. The number of hydrogen-bond donors (Lipinski definition) is 1. The predicted molar refractivity (Wildman–Crippen MR) is 107 cm³/mol. The summed E-state index contributed by atoms with van der Waals surface area (Å²) in [5.74, 6) is 0.370. The summed E-state index contributed by atoms with van der Waals surface area (Å²) >= 11 is 1.71. The first-order chi connectivity index (χ1) is 13.2. The van der Waals surface area contributed by atoms with Crippen LogP contribution in [0.4, 0.5) is 0 Å². The summed E-state index contributed by atoms with van der Waals surface area (Å²) in [5, 5.41) is 8.14. The van der Waals surface area contributed by atoms with Crippen LogP contribution in [0.3, 0.4) is 0 Å². The Morgan fingerprint density at radius 1 is 1.11 bits per heavy atom. The fraction of sp³-hybridized carbons (Fsp3) is 0.190. The molecule has 0 aliphatic rings. The van der Waals surface area contributed by atoms with Crippen LogP contribution in [0.5, 0.6) is 0 Å². The number of carbonyl (C=O) groups is 1. The Balaban J connectivity index is 1.38. The van der Waals surface area contributed by atoms with Gasteiger partial charge in [-0.2, -0.15) is 0 Å². The van der Waals surface area contributed by atoms with Gasteiger partial charge in [-0.1, -0.05) is 47.6 Å². The molecule has 0 aliphatic heterocycles. The standard InChI is InChI=1S/C21H19N3O2S/c1-14-19(20(24-26-14)15-8-3-2-4-9-15)21(25)22-13-7-12-18-23-16-10-5-6-11-17(16)27-18/h2-6,8-11H,7,12-13H2,1H3,(H,22,25). The van der Waals surface area contributed by atoms with Crippen molar-refractivity contribution in [2.75, 3.05) is 6.54 Å². The average Bonchev–Trinajstić information content (AvgIpc) is 3.28. The Hall–Kier alpha value is -2.99. The molecule has 0 fully saturated rings. The molecule has 2 aromatic heterocycles. The van der Waals surface area contributed by atoms with Gasteiger partial charge in [-0.15, -0.1) is 11.3 Å². The van der Waals surface area contributed by atoms with Gasteiger partial charge < -0.3 is 9.84 Å². The van der Waals surface area contributed by atoms with Crippen molar-refractivity contribution < 1.29 is 9.32 Å². The maximum Gasteiger partial charge on any atom is 0.257 e. The van der Waals surface area contributed by atoms with Gasteiger partial charge in [0.25, 0.3) is 5.91 Å². The highest BCUT2D eigenvalue weighted by Gasteiger charge is 2.21. The summed E-state index contributed by atoms with van der Waals surface area (Å²) in [7, 11) is 0. The minimum absolute atomic E-state index is 0.156. The van der Waals surface area contributed by atoms with Crippen LogP contribution in [0, 0.1) is 6.92 Å². The second-order valence-electron chi connectivity index (χ2n) is 6.26. The number of carbonyl (C=O) groups excluding carboxylic acids is 1. The maximum absolute atomic E-state index is 12.6. The second kappa shape index (κ2) is 7.72. The molecule has 0 saturated carbocycles. The normalized spacial score (nSPS) is 11.0. The number of nitrogens with one attached hydrogen (secondary N) is 1. The number of amides is 1. The van der Waals surface area contributed by atoms with Crippen LogP contribution in [0.25, 0.3) is 21.5 Å². The fourth-order valence-electron chi connectivity index (χ4n) is 2.99. The lowest BCUT2D eigenvalue weighted by Gasteiger charge is -2.05. The zero-order chi connectivity index (χ0) is 18.6. The fourth-order valence-corrected chi connectivity index (χ4v) is 4.00. The third-order valence-corrected chi connectivity index (χ3v) is 5.42. The molecule has 2 aromatic carbocycles. The minimum Gasteiger partial charge on any atom is -0.360 e. The number of fused-ring (bicyclic) bond motifs is 1. The molecule has 5 nitrogen and oxygen atoms in total. The maximum atomic E-state index is 12.6. The topological polar surface area (TPSA) is 68.0 Å². The van der Waals surface area contributed by atoms with Gasteiger partial charge >= 0.3 is 0 Å². The van der Waals surface area contributed by atoms with E-state index in [0.29, 0.717) is 23.6 Å². The molecule has 4 rings (SSSR count). The zero-order valence-corrected chi connectivity index (χ0v) is 15.8. The average molecular weight is 377 g/mol. The molecule has 4 aromatic rings. The lowest BCUT2D eigenvalue weighted by molar-refractivity contribution is 0.0952. The highest BCUT2D eigenvalue weighted by Crippen LogP contribution is 2.25. The van der Waals surface area contributed by atoms with E-state index in [2.05, 4.69) is 21.5 Å². The van der Waals surface area contributed by atoms with Gasteiger partial charge in [-0.3, -0.25) is 4.79 Å². The van der Waals surface area contributed by atoms with E-state index >= 15 is 0 Å². The summed E-state index contributed by atoms with van der Waals surface area (Å²) in [5.41, 5.74) is 2.99. The molecule has 0 radical (unpaired) electrons. The lowest BCUT2D eigenvalue weighted by Crippen LogP contribution is -2.25. The van der Waals surface area contributed by atoms with Gasteiger partial charge in [0.2, 0.25) is 0 Å². The smallest absolute Gasteiger partial charge is 0.257 e. The molecule has 0 aliphatic carbocycles. The van der Waals surface area contributed by atoms with E-state index in [1.54, 1.807) is 18.3 Å². The van der Waals surface area contributed by atoms with Crippen LogP contribution >= 0.6 is 11.3 Å². The van der Waals surface area contributed by atoms with E-state index in [1.165, 1.54) is 4.70 Å². The Morgan fingerprint density at radius 3 is 2.70 bits per heavy atom. The van der Waals surface area contributed by atoms with E-state index in [4.69, 9.17) is 4.52 Å². The molecular formula is C21H19N3O2S. The second-order valence-corrected chi connectivity index (χ2v) is 7.38. The van der Waals surface area contributed by atoms with E-state index in [1.807, 2.05) is 48.5 Å². The van der Waals surface area contributed by atoms with Crippen molar-refractivity contribution in [2.45, 2.75) is 19.8 Å². The molecular weight excluding hydrogens is 358 g/mol. The quantitative estimate of drug-likeness (QED) is 0.498. The highest BCUT2D eigenvalue weighted by atomic mass is 32.1. The molecule has 136 valence electrons. The van der Waals surface area contributed by atoms with Gasteiger partial charge in [0.15, 0.2) is 0 Å². The number of benzene rings is 2. The Kier molecular flexibility index (Phi) is 4.98. The largest absolute Gasteiger partial charge is 0.360 e. The Labute approximate surface area is 161 Å². The van der Waals surface area contributed by atoms with Crippen LogP contribution in [-0.2, 0) is 6.42 Å². The van der Waals surface area contributed by atoms with Crippen LogP contribution in [-0.4, -0.2) is 22.6 Å². The molecule has 0 unspecified atom stereocenters. The van der Waals surface area contributed by atoms with Gasteiger partial charge in [-0.05, 0) is 25.5 Å². The van der Waals surface area contributed by atoms with Crippen molar-refractivity contribution >= 4 is 27.5 Å². The van der Waals surface area contributed by atoms with Crippen molar-refractivity contribution in [3.05, 3.63) is 70.9 Å². The predicted octanol–water partition coefficient (Wildman–Crippen LogP) is 4.62. The molecule has 0 bridgehead atoms. The van der Waals surface area contributed by atoms with Gasteiger partial charge in [-0.25, -0.2) is 4.98 Å². The number of hydrogen-bond acceptors (Lipinski definition) is 5. The van der Waals surface area contributed by atoms with E-state index in [0.717, 1.165) is 28.9 Å². The lowest BCUT2D eigenvalue weighted by atomic mass is 10.1. The molecule has 0 saturated heterocycles. The summed E-state index contributed by atoms with van der Waals surface area (Å²) < 4.78 is 6.46. The van der Waals surface area contributed by atoms with E-state index < -0.39 is 0 Å². The number of para-hydroxylation sites is 1. The molecule has 0 atom stereocenters. The third-order valence-electron chi connectivity index (χ3n) is 4.33. The number of thiazole rings is 1. The van der Waals surface area contributed by atoms with E-state index in [-0.39, 0.29) is 5.91 Å². The minimum atomic E-state index is -0.156. The Bertz CT molecular complexity index is 1040. The SMILES string of the molecule is Cc1onc(-c2ccccc2)c1C(=O)NCCCc1nc2ccccc2s1. The van der Waals surface area contributed by atoms with Gasteiger partial charge in [0.05, 0.1) is 15.2 Å². The first-order valence-electron chi connectivity index (χ1n) is 8.87. The number of aryl methyl sites for hydroxylation is 2. The van der Waals surface area contributed by atoms with E-state index in [9.17, 15) is 4.79 Å². The zero-order valence-electron chi connectivity index (χ0n) is 14.9. The van der Waals surface area contributed by atoms with Crippen LogP contribution in [0.2, 0.25) is 0 Å². The van der Waals surface area contributed by atoms with Crippen LogP contribution in [0.15, 0.2) is 59.1 Å². The molecule has 1 N–H and O–H groups in total. The van der Waals surface area contributed by atoms with Crippen molar-refractivity contribution in [3.63, 3.8) is 0 Å². The first kappa shape index (κ1) is 17.4. The molecule has 0 spiro atoms. The number of aromatic nitrogens is 2. The Morgan fingerprint density at radius 2 is 1.89 bits per heavy atom. The monoisotopic (exact) mass is 377 g/mol. The summed E-state index contributed by atoms with van der Waals surface area (Å²) in [4.78, 5) is 17.3. The van der Waals surface area contributed by atoms with Crippen LogP contribution < -0.4 is 5.32 Å².